The van der Waals surface area contributed by atoms with Gasteiger partial charge in [-0.1, -0.05) is 0 Å². The Bertz CT molecular complexity index is 110. The molecule has 0 aromatic rings. The lowest BCUT2D eigenvalue weighted by Gasteiger charge is -2.22. The molecule has 0 aliphatic rings. The smallest absolute Gasteiger partial charge is 0.0790 e. The monoisotopic (exact) mass is 162 g/mol. The van der Waals surface area contributed by atoms with Crippen molar-refractivity contribution in [2.45, 2.75) is 12.8 Å². The van der Waals surface area contributed by atoms with E-state index < -0.39 is 0 Å². The summed E-state index contributed by atoms with van der Waals surface area (Å²) in [6.45, 7) is 1.09. The van der Waals surface area contributed by atoms with Crippen LogP contribution in [0.2, 0.25) is 0 Å². The number of halogens is 1. The third-order valence-corrected chi connectivity index (χ3v) is 1.12. The third-order valence-electron chi connectivity index (χ3n) is 1.12. The van der Waals surface area contributed by atoms with E-state index in [9.17, 15) is 0 Å². The van der Waals surface area contributed by atoms with Crippen molar-refractivity contribution in [3.63, 3.8) is 0 Å². The second-order valence-electron chi connectivity index (χ2n) is 3.28. The first-order valence-corrected chi connectivity index (χ1v) is 3.24. The Morgan fingerprint density at radius 2 is 1.80 bits per heavy atom. The highest BCUT2D eigenvalue weighted by atomic mass is 35.5. The van der Waals surface area contributed by atoms with Crippen molar-refractivity contribution < 1.29 is 16.9 Å². The number of rotatable bonds is 3. The van der Waals surface area contributed by atoms with Gasteiger partial charge in [-0.15, -0.1) is 0 Å². The van der Waals surface area contributed by atoms with Crippen LogP contribution >= 0.6 is 0 Å². The molecule has 0 atom stereocenters. The van der Waals surface area contributed by atoms with Crippen LogP contribution in [0, 0.1) is 11.3 Å². The van der Waals surface area contributed by atoms with Crippen molar-refractivity contribution in [2.75, 3.05) is 27.7 Å². The first kappa shape index (κ1) is 12.4. The summed E-state index contributed by atoms with van der Waals surface area (Å²) in [6, 6.07) is 2.13. The van der Waals surface area contributed by atoms with Crippen LogP contribution in [0.3, 0.4) is 0 Å². The number of hydrogen-bond donors (Lipinski definition) is 0. The van der Waals surface area contributed by atoms with Gasteiger partial charge in [0, 0.05) is 12.8 Å². The Morgan fingerprint density at radius 1 is 1.30 bits per heavy atom. The lowest BCUT2D eigenvalue weighted by molar-refractivity contribution is -0.870. The zero-order chi connectivity index (χ0) is 7.33. The van der Waals surface area contributed by atoms with Gasteiger partial charge in [0.25, 0.3) is 0 Å². The summed E-state index contributed by atoms with van der Waals surface area (Å²) in [6.07, 6.45) is 1.70. The number of nitrogens with zero attached hydrogens (tertiary/aromatic N) is 2. The molecule has 3 heteroatoms. The maximum Gasteiger partial charge on any atom is 0.0790 e. The standard InChI is InChI=1S/C7H15N2.ClH/c1-9(2,3)7-5-4-6-8;/h4-5,7H2,1-3H3;1H/q+1;/p-1. The normalized spacial score (nSPS) is 9.80. The van der Waals surface area contributed by atoms with Crippen molar-refractivity contribution in [1.29, 1.82) is 5.26 Å². The molecule has 0 amide bonds. The van der Waals surface area contributed by atoms with Gasteiger partial charge in [0.05, 0.1) is 33.8 Å². The van der Waals surface area contributed by atoms with Crippen molar-refractivity contribution in [3.05, 3.63) is 0 Å². The molecule has 0 unspecified atom stereocenters. The maximum absolute atomic E-state index is 8.21. The summed E-state index contributed by atoms with van der Waals surface area (Å²) in [5.74, 6) is 0. The summed E-state index contributed by atoms with van der Waals surface area (Å²) in [7, 11) is 6.41. The molecule has 0 bridgehead atoms. The zero-order valence-corrected chi connectivity index (χ0v) is 7.65. The molecule has 0 aliphatic heterocycles. The van der Waals surface area contributed by atoms with Crippen LogP contribution in [-0.2, 0) is 0 Å². The second kappa shape index (κ2) is 5.52. The van der Waals surface area contributed by atoms with Gasteiger partial charge in [0.2, 0.25) is 0 Å². The molecule has 2 nitrogen and oxygen atoms in total. The van der Waals surface area contributed by atoms with Crippen LogP contribution in [0.1, 0.15) is 12.8 Å². The highest BCUT2D eigenvalue weighted by Gasteiger charge is 2.04. The second-order valence-corrected chi connectivity index (χ2v) is 3.28. The Kier molecular flexibility index (Phi) is 6.85. The predicted molar refractivity (Wildman–Crippen MR) is 37.7 cm³/mol. The van der Waals surface area contributed by atoms with E-state index in [1.807, 2.05) is 0 Å². The molecule has 0 aromatic carbocycles. The van der Waals surface area contributed by atoms with Crippen molar-refractivity contribution in [2.24, 2.45) is 0 Å². The maximum atomic E-state index is 8.21. The number of unbranched alkanes of at least 4 members (excludes halogenated alkanes) is 1. The van der Waals surface area contributed by atoms with Crippen molar-refractivity contribution >= 4 is 0 Å². The van der Waals surface area contributed by atoms with E-state index in [2.05, 4.69) is 27.2 Å². The summed E-state index contributed by atoms with van der Waals surface area (Å²) < 4.78 is 0.960. The van der Waals surface area contributed by atoms with E-state index in [1.54, 1.807) is 0 Å². The van der Waals surface area contributed by atoms with Crippen LogP contribution in [-0.4, -0.2) is 32.2 Å². The van der Waals surface area contributed by atoms with Gasteiger partial charge >= 0.3 is 0 Å². The van der Waals surface area contributed by atoms with Crippen LogP contribution in [0.15, 0.2) is 0 Å². The minimum absolute atomic E-state index is 0. The van der Waals surface area contributed by atoms with Gasteiger partial charge in [0.15, 0.2) is 0 Å². The highest BCUT2D eigenvalue weighted by molar-refractivity contribution is 4.67. The van der Waals surface area contributed by atoms with Crippen LogP contribution in [0.4, 0.5) is 0 Å². The molecule has 0 heterocycles. The number of hydrogen-bond acceptors (Lipinski definition) is 1. The van der Waals surface area contributed by atoms with Gasteiger partial charge in [-0.3, -0.25) is 0 Å². The van der Waals surface area contributed by atoms with E-state index in [0.29, 0.717) is 6.42 Å². The van der Waals surface area contributed by atoms with Gasteiger partial charge in [-0.25, -0.2) is 0 Å². The minimum Gasteiger partial charge on any atom is -1.00 e. The molecule has 0 aromatic heterocycles. The molecule has 0 aliphatic carbocycles. The van der Waals surface area contributed by atoms with Gasteiger partial charge in [-0.05, 0) is 0 Å². The molecule has 10 heavy (non-hydrogen) atoms. The predicted octanol–water partition coefficient (Wildman–Crippen LogP) is -2.00. The molecule has 0 N–H and O–H groups in total. The Morgan fingerprint density at radius 3 is 2.10 bits per heavy atom. The Balaban J connectivity index is 0. The fourth-order valence-corrected chi connectivity index (χ4v) is 0.632. The molecule has 60 valence electrons. The zero-order valence-electron chi connectivity index (χ0n) is 6.89. The Labute approximate surface area is 69.4 Å². The molecular formula is C7H15ClN2. The van der Waals surface area contributed by atoms with E-state index in [4.69, 9.17) is 5.26 Å². The van der Waals surface area contributed by atoms with Crippen molar-refractivity contribution in [1.82, 2.24) is 0 Å². The highest BCUT2D eigenvalue weighted by Crippen LogP contribution is 1.95. The van der Waals surface area contributed by atoms with Crippen LogP contribution in [0.25, 0.3) is 0 Å². The molecule has 0 rings (SSSR count). The van der Waals surface area contributed by atoms with E-state index in [-0.39, 0.29) is 12.4 Å². The van der Waals surface area contributed by atoms with E-state index in [1.165, 1.54) is 0 Å². The Hall–Kier alpha value is -0.260. The number of nitriles is 1. The largest absolute Gasteiger partial charge is 1.00 e. The quantitative estimate of drug-likeness (QED) is 0.348. The molecule has 0 saturated carbocycles. The average Bonchev–Trinajstić information content (AvgIpc) is 1.63. The first-order valence-electron chi connectivity index (χ1n) is 3.24. The minimum atomic E-state index is 0. The fraction of sp³-hybridized carbons (Fsp3) is 0.857. The first-order chi connectivity index (χ1) is 4.06. The van der Waals surface area contributed by atoms with E-state index >= 15 is 0 Å². The molecule has 0 saturated heterocycles. The third kappa shape index (κ3) is 10.7. The van der Waals surface area contributed by atoms with Gasteiger partial charge in [0.1, 0.15) is 0 Å². The summed E-state index contributed by atoms with van der Waals surface area (Å²) >= 11 is 0. The summed E-state index contributed by atoms with van der Waals surface area (Å²) in [5, 5.41) is 8.21. The molecule has 0 spiro atoms. The average molecular weight is 163 g/mol. The van der Waals surface area contributed by atoms with Crippen molar-refractivity contribution in [3.8, 4) is 6.07 Å². The van der Waals surface area contributed by atoms with Gasteiger partial charge in [-0.2, -0.15) is 5.26 Å². The fourth-order valence-electron chi connectivity index (χ4n) is 0.632. The summed E-state index contributed by atoms with van der Waals surface area (Å²) in [4.78, 5) is 0. The SMILES string of the molecule is C[N+](C)(C)CCCC#N.[Cl-]. The van der Waals surface area contributed by atoms with E-state index in [0.717, 1.165) is 17.4 Å². The molecule has 0 fully saturated rings. The van der Waals surface area contributed by atoms with Crippen LogP contribution < -0.4 is 12.4 Å². The molecule has 0 radical (unpaired) electrons. The lowest BCUT2D eigenvalue weighted by atomic mass is 10.3. The lowest BCUT2D eigenvalue weighted by Crippen LogP contribution is -3.00. The number of quaternary nitrogens is 1. The topological polar surface area (TPSA) is 23.8 Å². The summed E-state index contributed by atoms with van der Waals surface area (Å²) in [5.41, 5.74) is 0. The molecular weight excluding hydrogens is 148 g/mol. The van der Waals surface area contributed by atoms with Gasteiger partial charge < -0.3 is 16.9 Å². The van der Waals surface area contributed by atoms with Crippen LogP contribution in [0.5, 0.6) is 0 Å².